The third-order valence-corrected chi connectivity index (χ3v) is 4.21. The lowest BCUT2D eigenvalue weighted by atomic mass is 9.80. The normalized spacial score (nSPS) is 20.6. The minimum absolute atomic E-state index is 0.0483. The number of nitrogens with zero attached hydrogens (tertiary/aromatic N) is 2. The van der Waals surface area contributed by atoms with Crippen molar-refractivity contribution in [2.45, 2.75) is 58.8 Å². The van der Waals surface area contributed by atoms with E-state index in [1.807, 2.05) is 7.05 Å². The molecule has 0 aliphatic heterocycles. The van der Waals surface area contributed by atoms with Gasteiger partial charge in [-0.2, -0.15) is 5.26 Å². The van der Waals surface area contributed by atoms with Crippen molar-refractivity contribution in [3.05, 3.63) is 0 Å². The van der Waals surface area contributed by atoms with Crippen molar-refractivity contribution >= 4 is 5.91 Å². The molecule has 1 aliphatic rings. The summed E-state index contributed by atoms with van der Waals surface area (Å²) in [5, 5.41) is 9.48. The van der Waals surface area contributed by atoms with E-state index in [1.165, 1.54) is 0 Å². The van der Waals surface area contributed by atoms with Crippen molar-refractivity contribution in [3.63, 3.8) is 0 Å². The van der Waals surface area contributed by atoms with Crippen LogP contribution in [0, 0.1) is 22.7 Å². The molecule has 3 heteroatoms. The molecular weight excluding hydrogens is 224 g/mol. The smallest absolute Gasteiger partial charge is 0.242 e. The standard InChI is InChI=1S/C15H26N2O/c1-4-13(2)11-17(3)14(18)15(12-16)9-7-5-6-8-10-15/h13H,4-11H2,1-3H3. The Labute approximate surface area is 111 Å². The second-order valence-electron chi connectivity index (χ2n) is 5.81. The quantitative estimate of drug-likeness (QED) is 0.718. The van der Waals surface area contributed by atoms with Gasteiger partial charge in [0.05, 0.1) is 6.07 Å². The Morgan fingerprint density at radius 1 is 1.33 bits per heavy atom. The molecule has 0 bridgehead atoms. The van der Waals surface area contributed by atoms with E-state index < -0.39 is 5.41 Å². The molecule has 0 aromatic carbocycles. The fraction of sp³-hybridized carbons (Fsp3) is 0.867. The van der Waals surface area contributed by atoms with E-state index >= 15 is 0 Å². The van der Waals surface area contributed by atoms with Crippen LogP contribution in [0.15, 0.2) is 0 Å². The van der Waals surface area contributed by atoms with Crippen molar-refractivity contribution in [1.82, 2.24) is 4.90 Å². The molecule has 0 spiro atoms. The highest BCUT2D eigenvalue weighted by Crippen LogP contribution is 2.36. The van der Waals surface area contributed by atoms with Gasteiger partial charge < -0.3 is 4.90 Å². The summed E-state index contributed by atoms with van der Waals surface area (Å²) < 4.78 is 0. The van der Waals surface area contributed by atoms with E-state index in [0.29, 0.717) is 5.92 Å². The van der Waals surface area contributed by atoms with E-state index in [4.69, 9.17) is 0 Å². The van der Waals surface area contributed by atoms with Crippen LogP contribution in [0.2, 0.25) is 0 Å². The maximum absolute atomic E-state index is 12.6. The first-order valence-corrected chi connectivity index (χ1v) is 7.22. The molecule has 1 aliphatic carbocycles. The fourth-order valence-corrected chi connectivity index (χ4v) is 2.75. The molecule has 1 rings (SSSR count). The van der Waals surface area contributed by atoms with Gasteiger partial charge in [-0.25, -0.2) is 0 Å². The van der Waals surface area contributed by atoms with Crippen molar-refractivity contribution in [2.75, 3.05) is 13.6 Å². The zero-order chi connectivity index (χ0) is 13.6. The van der Waals surface area contributed by atoms with Crippen LogP contribution in [0.4, 0.5) is 0 Å². The average Bonchev–Trinajstić information content (AvgIpc) is 2.63. The summed E-state index contributed by atoms with van der Waals surface area (Å²) in [4.78, 5) is 14.3. The lowest BCUT2D eigenvalue weighted by molar-refractivity contribution is -0.138. The lowest BCUT2D eigenvalue weighted by Gasteiger charge is -2.30. The fourth-order valence-electron chi connectivity index (χ4n) is 2.75. The molecule has 18 heavy (non-hydrogen) atoms. The highest BCUT2D eigenvalue weighted by Gasteiger charge is 2.40. The van der Waals surface area contributed by atoms with Crippen molar-refractivity contribution in [2.24, 2.45) is 11.3 Å². The largest absolute Gasteiger partial charge is 0.344 e. The van der Waals surface area contributed by atoms with E-state index in [-0.39, 0.29) is 5.91 Å². The first kappa shape index (κ1) is 15.0. The summed E-state index contributed by atoms with van der Waals surface area (Å²) in [5.41, 5.74) is -0.737. The lowest BCUT2D eigenvalue weighted by Crippen LogP contribution is -2.42. The van der Waals surface area contributed by atoms with Crippen LogP contribution in [-0.2, 0) is 4.79 Å². The van der Waals surface area contributed by atoms with Crippen LogP contribution in [0.3, 0.4) is 0 Å². The minimum Gasteiger partial charge on any atom is -0.344 e. The van der Waals surface area contributed by atoms with Gasteiger partial charge in [0.15, 0.2) is 0 Å². The highest BCUT2D eigenvalue weighted by molar-refractivity contribution is 5.85. The van der Waals surface area contributed by atoms with Crippen LogP contribution in [0.5, 0.6) is 0 Å². The molecule has 0 N–H and O–H groups in total. The van der Waals surface area contributed by atoms with Crippen LogP contribution in [0.25, 0.3) is 0 Å². The van der Waals surface area contributed by atoms with Gasteiger partial charge in [0.25, 0.3) is 0 Å². The Kier molecular flexibility index (Phi) is 5.65. The molecule has 1 atom stereocenters. The van der Waals surface area contributed by atoms with Crippen LogP contribution in [0.1, 0.15) is 58.8 Å². The number of amides is 1. The summed E-state index contributed by atoms with van der Waals surface area (Å²) in [7, 11) is 1.85. The summed E-state index contributed by atoms with van der Waals surface area (Å²) in [6.45, 7) is 5.05. The molecule has 0 radical (unpaired) electrons. The number of carbonyl (C=O) groups is 1. The van der Waals surface area contributed by atoms with Gasteiger partial charge in [-0.1, -0.05) is 46.0 Å². The van der Waals surface area contributed by atoms with Gasteiger partial charge in [0.2, 0.25) is 5.91 Å². The predicted molar refractivity (Wildman–Crippen MR) is 72.8 cm³/mol. The topological polar surface area (TPSA) is 44.1 Å². The third-order valence-electron chi connectivity index (χ3n) is 4.21. The minimum atomic E-state index is -0.737. The molecule has 0 saturated heterocycles. The molecule has 1 amide bonds. The highest BCUT2D eigenvalue weighted by atomic mass is 16.2. The van der Waals surface area contributed by atoms with Gasteiger partial charge in [-0.15, -0.1) is 0 Å². The monoisotopic (exact) mass is 250 g/mol. The van der Waals surface area contributed by atoms with Crippen LogP contribution < -0.4 is 0 Å². The van der Waals surface area contributed by atoms with E-state index in [1.54, 1.807) is 4.90 Å². The Morgan fingerprint density at radius 3 is 2.33 bits per heavy atom. The molecule has 0 aromatic heterocycles. The van der Waals surface area contributed by atoms with Crippen molar-refractivity contribution in [3.8, 4) is 6.07 Å². The van der Waals surface area contributed by atoms with Gasteiger partial charge in [-0.05, 0) is 18.8 Å². The summed E-state index contributed by atoms with van der Waals surface area (Å²) in [5.74, 6) is 0.549. The molecule has 102 valence electrons. The Balaban J connectivity index is 2.74. The molecule has 1 unspecified atom stereocenters. The second kappa shape index (κ2) is 6.78. The van der Waals surface area contributed by atoms with Crippen LogP contribution in [-0.4, -0.2) is 24.4 Å². The third kappa shape index (κ3) is 3.48. The Bertz CT molecular complexity index is 311. The molecule has 0 heterocycles. The summed E-state index contributed by atoms with van der Waals surface area (Å²) in [6, 6.07) is 2.34. The predicted octanol–water partition coefficient (Wildman–Crippen LogP) is 3.36. The average molecular weight is 250 g/mol. The number of hydrogen-bond acceptors (Lipinski definition) is 2. The van der Waals surface area contributed by atoms with Crippen molar-refractivity contribution in [1.29, 1.82) is 5.26 Å². The van der Waals surface area contributed by atoms with E-state index in [2.05, 4.69) is 19.9 Å². The molecular formula is C15H26N2O. The Morgan fingerprint density at radius 2 is 1.89 bits per heavy atom. The van der Waals surface area contributed by atoms with Gasteiger partial charge in [0.1, 0.15) is 5.41 Å². The summed E-state index contributed by atoms with van der Waals surface area (Å²) in [6.07, 6.45) is 6.89. The van der Waals surface area contributed by atoms with Crippen molar-refractivity contribution < 1.29 is 4.79 Å². The Hall–Kier alpha value is -1.04. The molecule has 0 aromatic rings. The number of carbonyl (C=O) groups excluding carboxylic acids is 1. The first-order chi connectivity index (χ1) is 8.55. The van der Waals surface area contributed by atoms with Gasteiger partial charge in [-0.3, -0.25) is 4.79 Å². The zero-order valence-corrected chi connectivity index (χ0v) is 12.0. The van der Waals surface area contributed by atoms with Gasteiger partial charge >= 0.3 is 0 Å². The first-order valence-electron chi connectivity index (χ1n) is 7.22. The van der Waals surface area contributed by atoms with Gasteiger partial charge in [0, 0.05) is 13.6 Å². The molecule has 3 nitrogen and oxygen atoms in total. The van der Waals surface area contributed by atoms with Crippen LogP contribution >= 0.6 is 0 Å². The number of hydrogen-bond donors (Lipinski definition) is 0. The van der Waals surface area contributed by atoms with E-state index in [0.717, 1.165) is 51.5 Å². The second-order valence-corrected chi connectivity index (χ2v) is 5.81. The molecule has 1 saturated carbocycles. The maximum atomic E-state index is 12.6. The SMILES string of the molecule is CCC(C)CN(C)C(=O)C1(C#N)CCCCCC1. The van der Waals surface area contributed by atoms with E-state index in [9.17, 15) is 10.1 Å². The molecule has 1 fully saturated rings. The number of rotatable bonds is 4. The zero-order valence-electron chi connectivity index (χ0n) is 12.0. The summed E-state index contributed by atoms with van der Waals surface area (Å²) >= 11 is 0. The number of nitriles is 1. The maximum Gasteiger partial charge on any atom is 0.242 e.